The van der Waals surface area contributed by atoms with Crippen molar-refractivity contribution >= 4 is 22.9 Å². The van der Waals surface area contributed by atoms with Crippen molar-refractivity contribution in [3.05, 3.63) is 27.2 Å². The molecule has 0 aliphatic rings. The second-order valence-electron chi connectivity index (χ2n) is 4.04. The molecular formula is C11H16ClN5S. The normalized spacial score (nSPS) is 12.8. The molecule has 1 atom stereocenters. The molecule has 0 radical (unpaired) electrons. The lowest BCUT2D eigenvalue weighted by atomic mass is 10.1. The Morgan fingerprint density at radius 2 is 2.39 bits per heavy atom. The van der Waals surface area contributed by atoms with E-state index in [1.807, 2.05) is 11.4 Å². The van der Waals surface area contributed by atoms with E-state index >= 15 is 0 Å². The number of aryl methyl sites for hydroxylation is 1. The third kappa shape index (κ3) is 3.28. The number of tetrazole rings is 1. The van der Waals surface area contributed by atoms with Gasteiger partial charge in [-0.15, -0.1) is 21.5 Å². The van der Waals surface area contributed by atoms with Crippen LogP contribution in [0.4, 0.5) is 0 Å². The molecule has 1 unspecified atom stereocenters. The number of hydrogen-bond donors (Lipinski definition) is 1. The second kappa shape index (κ2) is 6.26. The van der Waals surface area contributed by atoms with Crippen molar-refractivity contribution in [3.63, 3.8) is 0 Å². The maximum Gasteiger partial charge on any atom is 0.176 e. The second-order valence-corrected chi connectivity index (χ2v) is 5.39. The third-order valence-electron chi connectivity index (χ3n) is 2.54. The molecule has 0 spiro atoms. The quantitative estimate of drug-likeness (QED) is 0.884. The standard InChI is InChI=1S/C11H16ClN5S/c1-3-5-13-9(11-8(12)4-6-18-11)7-10-14-16-17(2)15-10/h4,6,9,13H,3,5,7H2,1-2H3. The summed E-state index contributed by atoms with van der Waals surface area (Å²) >= 11 is 7.85. The Kier molecular flexibility index (Phi) is 4.68. The summed E-state index contributed by atoms with van der Waals surface area (Å²) in [6.07, 6.45) is 1.78. The summed E-state index contributed by atoms with van der Waals surface area (Å²) in [6, 6.07) is 2.08. The van der Waals surface area contributed by atoms with Crippen LogP contribution in [0.2, 0.25) is 5.02 Å². The minimum absolute atomic E-state index is 0.154. The minimum Gasteiger partial charge on any atom is -0.309 e. The van der Waals surface area contributed by atoms with Gasteiger partial charge in [0.1, 0.15) is 0 Å². The van der Waals surface area contributed by atoms with Gasteiger partial charge in [-0.2, -0.15) is 4.80 Å². The predicted octanol–water partition coefficient (Wildman–Crippen LogP) is 2.21. The lowest BCUT2D eigenvalue weighted by molar-refractivity contribution is 0.524. The molecule has 18 heavy (non-hydrogen) atoms. The number of thiophene rings is 1. The Bertz CT molecular complexity index is 495. The van der Waals surface area contributed by atoms with E-state index in [2.05, 4.69) is 27.7 Å². The van der Waals surface area contributed by atoms with Crippen LogP contribution in [0.15, 0.2) is 11.4 Å². The SMILES string of the molecule is CCCNC(Cc1nnn(C)n1)c1sccc1Cl. The third-order valence-corrected chi connectivity index (χ3v) is 4.01. The molecule has 5 nitrogen and oxygen atoms in total. The van der Waals surface area contributed by atoms with Gasteiger partial charge in [0, 0.05) is 11.3 Å². The van der Waals surface area contributed by atoms with Crippen LogP contribution < -0.4 is 5.32 Å². The molecule has 2 rings (SSSR count). The van der Waals surface area contributed by atoms with Crippen molar-refractivity contribution in [1.29, 1.82) is 0 Å². The van der Waals surface area contributed by atoms with Gasteiger partial charge < -0.3 is 5.32 Å². The lowest BCUT2D eigenvalue weighted by Crippen LogP contribution is -2.24. The van der Waals surface area contributed by atoms with Gasteiger partial charge in [-0.1, -0.05) is 18.5 Å². The number of hydrogen-bond acceptors (Lipinski definition) is 5. The maximum atomic E-state index is 6.19. The van der Waals surface area contributed by atoms with Gasteiger partial charge in [-0.25, -0.2) is 0 Å². The number of halogens is 1. The zero-order valence-electron chi connectivity index (χ0n) is 10.4. The van der Waals surface area contributed by atoms with Crippen molar-refractivity contribution in [3.8, 4) is 0 Å². The first kappa shape index (κ1) is 13.5. The molecule has 0 amide bonds. The van der Waals surface area contributed by atoms with Crippen LogP contribution in [0.5, 0.6) is 0 Å². The molecular weight excluding hydrogens is 270 g/mol. The summed E-state index contributed by atoms with van der Waals surface area (Å²) in [6.45, 7) is 3.08. The largest absolute Gasteiger partial charge is 0.309 e. The Hall–Kier alpha value is -0.980. The van der Waals surface area contributed by atoms with Gasteiger partial charge in [0.15, 0.2) is 5.82 Å². The zero-order valence-corrected chi connectivity index (χ0v) is 12.0. The van der Waals surface area contributed by atoms with Gasteiger partial charge >= 0.3 is 0 Å². The van der Waals surface area contributed by atoms with Crippen LogP contribution in [-0.4, -0.2) is 26.8 Å². The van der Waals surface area contributed by atoms with Crippen molar-refractivity contribution in [2.75, 3.05) is 6.54 Å². The van der Waals surface area contributed by atoms with E-state index in [0.29, 0.717) is 6.42 Å². The maximum absolute atomic E-state index is 6.19. The van der Waals surface area contributed by atoms with E-state index in [1.54, 1.807) is 18.4 Å². The van der Waals surface area contributed by atoms with Gasteiger partial charge in [0.2, 0.25) is 0 Å². The topological polar surface area (TPSA) is 55.6 Å². The van der Waals surface area contributed by atoms with E-state index in [9.17, 15) is 0 Å². The molecule has 0 aromatic carbocycles. The van der Waals surface area contributed by atoms with Crippen LogP contribution in [0.1, 0.15) is 30.1 Å². The summed E-state index contributed by atoms with van der Waals surface area (Å²) in [4.78, 5) is 2.61. The molecule has 0 bridgehead atoms. The van der Waals surface area contributed by atoms with Crippen molar-refractivity contribution < 1.29 is 0 Å². The fraction of sp³-hybridized carbons (Fsp3) is 0.545. The Balaban J connectivity index is 2.12. The van der Waals surface area contributed by atoms with Crippen LogP contribution in [0.3, 0.4) is 0 Å². The molecule has 0 fully saturated rings. The van der Waals surface area contributed by atoms with Gasteiger partial charge in [-0.3, -0.25) is 0 Å². The highest BCUT2D eigenvalue weighted by Crippen LogP contribution is 2.30. The summed E-state index contributed by atoms with van der Waals surface area (Å²) in [7, 11) is 1.77. The Morgan fingerprint density at radius 1 is 1.56 bits per heavy atom. The van der Waals surface area contributed by atoms with E-state index in [1.165, 1.54) is 4.80 Å². The number of nitrogens with zero attached hydrogens (tertiary/aromatic N) is 4. The average molecular weight is 286 g/mol. The van der Waals surface area contributed by atoms with Gasteiger partial charge in [0.25, 0.3) is 0 Å². The summed E-state index contributed by atoms with van der Waals surface area (Å²) in [5.74, 6) is 0.732. The minimum atomic E-state index is 0.154. The van der Waals surface area contributed by atoms with Crippen molar-refractivity contribution in [2.45, 2.75) is 25.8 Å². The first-order valence-electron chi connectivity index (χ1n) is 5.90. The number of rotatable bonds is 6. The predicted molar refractivity (Wildman–Crippen MR) is 72.9 cm³/mol. The zero-order chi connectivity index (χ0) is 13.0. The molecule has 0 saturated carbocycles. The fourth-order valence-corrected chi connectivity index (χ4v) is 2.98. The van der Waals surface area contributed by atoms with Crippen LogP contribution >= 0.6 is 22.9 Å². The Morgan fingerprint density at radius 3 is 2.94 bits per heavy atom. The summed E-state index contributed by atoms with van der Waals surface area (Å²) < 4.78 is 0. The van der Waals surface area contributed by atoms with Crippen molar-refractivity contribution in [1.82, 2.24) is 25.5 Å². The van der Waals surface area contributed by atoms with E-state index in [4.69, 9.17) is 11.6 Å². The summed E-state index contributed by atoms with van der Waals surface area (Å²) in [5, 5.41) is 18.4. The molecule has 0 aliphatic carbocycles. The molecule has 1 N–H and O–H groups in total. The highest BCUT2D eigenvalue weighted by molar-refractivity contribution is 7.10. The molecule has 0 saturated heterocycles. The van der Waals surface area contributed by atoms with Crippen molar-refractivity contribution in [2.24, 2.45) is 7.05 Å². The fourth-order valence-electron chi connectivity index (χ4n) is 1.72. The Labute approximate surface area is 115 Å². The highest BCUT2D eigenvalue weighted by atomic mass is 35.5. The van der Waals surface area contributed by atoms with Gasteiger partial charge in [-0.05, 0) is 29.6 Å². The first-order chi connectivity index (χ1) is 8.70. The summed E-state index contributed by atoms with van der Waals surface area (Å²) in [5.41, 5.74) is 0. The van der Waals surface area contributed by atoms with Crippen LogP contribution in [0, 0.1) is 0 Å². The van der Waals surface area contributed by atoms with Gasteiger partial charge in [0.05, 0.1) is 18.1 Å². The molecule has 2 heterocycles. The van der Waals surface area contributed by atoms with E-state index < -0.39 is 0 Å². The smallest absolute Gasteiger partial charge is 0.176 e. The molecule has 2 aromatic rings. The number of aromatic nitrogens is 4. The first-order valence-corrected chi connectivity index (χ1v) is 7.15. The molecule has 98 valence electrons. The number of nitrogens with one attached hydrogen (secondary N) is 1. The molecule has 2 aromatic heterocycles. The molecule has 7 heteroatoms. The monoisotopic (exact) mass is 285 g/mol. The highest BCUT2D eigenvalue weighted by Gasteiger charge is 2.18. The van der Waals surface area contributed by atoms with E-state index in [-0.39, 0.29) is 6.04 Å². The molecule has 0 aliphatic heterocycles. The van der Waals surface area contributed by atoms with E-state index in [0.717, 1.165) is 28.7 Å². The lowest BCUT2D eigenvalue weighted by Gasteiger charge is -2.15. The average Bonchev–Trinajstić information content (AvgIpc) is 2.93. The van der Waals surface area contributed by atoms with Crippen LogP contribution in [0.25, 0.3) is 0 Å². The van der Waals surface area contributed by atoms with Crippen LogP contribution in [-0.2, 0) is 13.5 Å².